The zero-order valence-corrected chi connectivity index (χ0v) is 19.6. The van der Waals surface area contributed by atoms with E-state index in [1.54, 1.807) is 26.0 Å². The molecule has 0 aliphatic carbocycles. The first-order chi connectivity index (χ1) is 13.1. The van der Waals surface area contributed by atoms with Crippen LogP contribution in [0.3, 0.4) is 0 Å². The van der Waals surface area contributed by atoms with Gasteiger partial charge in [-0.3, -0.25) is 0 Å². The minimum atomic E-state index is -1.17. The highest BCUT2D eigenvalue weighted by Crippen LogP contribution is 2.45. The van der Waals surface area contributed by atoms with Crippen molar-refractivity contribution in [2.24, 2.45) is 0 Å². The summed E-state index contributed by atoms with van der Waals surface area (Å²) in [5.74, 6) is -3.13. The van der Waals surface area contributed by atoms with E-state index in [0.717, 1.165) is 0 Å². The Labute approximate surface area is 184 Å². The Morgan fingerprint density at radius 2 is 1.17 bits per heavy atom. The first-order valence-corrected chi connectivity index (χ1v) is 9.60. The minimum absolute atomic E-state index is 0. The maximum atomic E-state index is 12.1. The van der Waals surface area contributed by atoms with Gasteiger partial charge >= 0.3 is 11.9 Å². The van der Waals surface area contributed by atoms with E-state index in [-0.39, 0.29) is 29.3 Å². The number of benzene rings is 1. The smallest absolute Gasteiger partial charge is 0.334 e. The number of aromatic hydroxyl groups is 1. The van der Waals surface area contributed by atoms with Gasteiger partial charge in [-0.05, 0) is 41.4 Å². The number of phenolic OH excluding ortho intramolecular Hbond substituents is 1. The van der Waals surface area contributed by atoms with Crippen LogP contribution in [0.1, 0.15) is 78.0 Å². The van der Waals surface area contributed by atoms with Crippen molar-refractivity contribution in [2.45, 2.75) is 72.1 Å². The lowest BCUT2D eigenvalue weighted by Gasteiger charge is -2.32. The van der Waals surface area contributed by atoms with Gasteiger partial charge in [-0.2, -0.15) is 0 Å². The van der Waals surface area contributed by atoms with Crippen LogP contribution in [0.2, 0.25) is 0 Å². The Balaban J connectivity index is 0.00000450. The van der Waals surface area contributed by atoms with Crippen molar-refractivity contribution in [1.29, 1.82) is 0 Å². The number of nitrogens with one attached hydrogen (secondary N) is 1. The lowest BCUT2D eigenvalue weighted by atomic mass is 9.73. The number of hydrogen-bond acceptors (Lipinski definition) is 4. The van der Waals surface area contributed by atoms with Gasteiger partial charge < -0.3 is 20.6 Å². The minimum Gasteiger partial charge on any atom is -0.507 e. The van der Waals surface area contributed by atoms with E-state index < -0.39 is 28.7 Å². The van der Waals surface area contributed by atoms with Gasteiger partial charge in [0.25, 0.3) is 0 Å². The van der Waals surface area contributed by atoms with Crippen LogP contribution in [0.25, 0.3) is 0 Å². The summed E-state index contributed by atoms with van der Waals surface area (Å²) in [6.45, 7) is 15.0. The van der Waals surface area contributed by atoms with Gasteiger partial charge in [0.15, 0.2) is 0 Å². The standard InChI is InChI=1S/C23H31NO5.ClH/c1-11-16(20(26)27)18(17(21(28)29)12(2)24-11)13-9-14(22(3,4)5)19(25)15(10-13)23(6,7)8;/h9-10,18,24-25H,1-8H3,(H,26,27)(H,28,29);1H. The molecule has 0 saturated carbocycles. The van der Waals surface area contributed by atoms with Crippen LogP contribution < -0.4 is 5.32 Å². The van der Waals surface area contributed by atoms with E-state index >= 15 is 0 Å². The van der Waals surface area contributed by atoms with E-state index in [2.05, 4.69) is 5.32 Å². The maximum absolute atomic E-state index is 12.1. The molecule has 1 aromatic rings. The number of allylic oxidation sites excluding steroid dienone is 2. The van der Waals surface area contributed by atoms with Gasteiger partial charge in [0, 0.05) is 11.4 Å². The molecule has 0 aromatic heterocycles. The predicted molar refractivity (Wildman–Crippen MR) is 119 cm³/mol. The summed E-state index contributed by atoms with van der Waals surface area (Å²) in [6.07, 6.45) is 0. The van der Waals surface area contributed by atoms with Crippen LogP contribution in [0.5, 0.6) is 5.75 Å². The normalized spacial score (nSPS) is 15.6. The molecule has 1 aromatic carbocycles. The summed E-state index contributed by atoms with van der Waals surface area (Å²) in [7, 11) is 0. The lowest BCUT2D eigenvalue weighted by Crippen LogP contribution is -2.31. The number of halogens is 1. The monoisotopic (exact) mass is 437 g/mol. The highest BCUT2D eigenvalue weighted by atomic mass is 35.5. The quantitative estimate of drug-likeness (QED) is 0.540. The molecule has 0 amide bonds. The van der Waals surface area contributed by atoms with E-state index in [0.29, 0.717) is 28.1 Å². The van der Waals surface area contributed by atoms with Crippen molar-refractivity contribution in [1.82, 2.24) is 5.32 Å². The molecule has 0 atom stereocenters. The largest absolute Gasteiger partial charge is 0.507 e. The molecule has 0 fully saturated rings. The Kier molecular flexibility index (Phi) is 7.11. The lowest BCUT2D eigenvalue weighted by molar-refractivity contribution is -0.133. The molecule has 0 bridgehead atoms. The first-order valence-electron chi connectivity index (χ1n) is 9.60. The van der Waals surface area contributed by atoms with Crippen LogP contribution in [-0.4, -0.2) is 27.3 Å². The van der Waals surface area contributed by atoms with Gasteiger partial charge in [-0.1, -0.05) is 53.7 Å². The first kappa shape index (κ1) is 25.6. The number of carboxylic acids is 2. The molecule has 0 spiro atoms. The fourth-order valence-electron chi connectivity index (χ4n) is 3.86. The van der Waals surface area contributed by atoms with E-state index in [1.807, 2.05) is 41.5 Å². The predicted octanol–water partition coefficient (Wildman–Crippen LogP) is 4.81. The molecule has 7 heteroatoms. The number of rotatable bonds is 3. The number of carbonyl (C=O) groups is 2. The molecule has 0 unspecified atom stereocenters. The van der Waals surface area contributed by atoms with Crippen LogP contribution in [0.4, 0.5) is 0 Å². The Bertz CT molecular complexity index is 874. The second-order valence-electron chi connectivity index (χ2n) is 9.71. The average molecular weight is 438 g/mol. The second-order valence-corrected chi connectivity index (χ2v) is 9.71. The molecule has 2 rings (SSSR count). The van der Waals surface area contributed by atoms with Crippen molar-refractivity contribution >= 4 is 24.3 Å². The number of hydrogen-bond donors (Lipinski definition) is 4. The fourth-order valence-corrected chi connectivity index (χ4v) is 3.86. The Morgan fingerprint density at radius 3 is 1.43 bits per heavy atom. The topological polar surface area (TPSA) is 107 Å². The van der Waals surface area contributed by atoms with Crippen molar-refractivity contribution < 1.29 is 24.9 Å². The number of carboxylic acid groups (broad SMARTS) is 2. The number of dihydropyridines is 1. The third-order valence-corrected chi connectivity index (χ3v) is 5.30. The molecular weight excluding hydrogens is 406 g/mol. The van der Waals surface area contributed by atoms with Gasteiger partial charge in [0.2, 0.25) is 0 Å². The van der Waals surface area contributed by atoms with Crippen molar-refractivity contribution in [2.75, 3.05) is 0 Å². The van der Waals surface area contributed by atoms with E-state index in [1.165, 1.54) is 0 Å². The molecular formula is C23H32ClNO5. The van der Waals surface area contributed by atoms with Gasteiger partial charge in [-0.15, -0.1) is 12.4 Å². The summed E-state index contributed by atoms with van der Waals surface area (Å²) in [5, 5.41) is 33.6. The molecule has 1 aliphatic rings. The molecule has 6 nitrogen and oxygen atoms in total. The molecule has 30 heavy (non-hydrogen) atoms. The van der Waals surface area contributed by atoms with Crippen molar-refractivity contribution in [3.8, 4) is 5.75 Å². The third kappa shape index (κ3) is 4.64. The molecule has 4 N–H and O–H groups in total. The second kappa shape index (κ2) is 8.34. The summed E-state index contributed by atoms with van der Waals surface area (Å²) >= 11 is 0. The maximum Gasteiger partial charge on any atom is 0.334 e. The number of aliphatic carboxylic acids is 2. The van der Waals surface area contributed by atoms with Crippen molar-refractivity contribution in [3.63, 3.8) is 0 Å². The summed E-state index contributed by atoms with van der Waals surface area (Å²) in [4.78, 5) is 24.2. The summed E-state index contributed by atoms with van der Waals surface area (Å²) in [6, 6.07) is 3.49. The van der Waals surface area contributed by atoms with Crippen LogP contribution in [-0.2, 0) is 20.4 Å². The number of phenols is 1. The molecule has 1 aliphatic heterocycles. The van der Waals surface area contributed by atoms with Gasteiger partial charge in [0.05, 0.1) is 17.1 Å². The highest BCUT2D eigenvalue weighted by molar-refractivity contribution is 5.98. The Morgan fingerprint density at radius 1 is 0.833 bits per heavy atom. The molecule has 166 valence electrons. The highest BCUT2D eigenvalue weighted by Gasteiger charge is 2.38. The van der Waals surface area contributed by atoms with Crippen LogP contribution in [0, 0.1) is 0 Å². The van der Waals surface area contributed by atoms with Gasteiger partial charge in [-0.25, -0.2) is 9.59 Å². The van der Waals surface area contributed by atoms with E-state index in [9.17, 15) is 24.9 Å². The zero-order valence-electron chi connectivity index (χ0n) is 18.8. The average Bonchev–Trinajstić information content (AvgIpc) is 2.51. The molecule has 0 radical (unpaired) electrons. The summed E-state index contributed by atoms with van der Waals surface area (Å²) in [5.41, 5.74) is 1.84. The third-order valence-electron chi connectivity index (χ3n) is 5.30. The van der Waals surface area contributed by atoms with Crippen molar-refractivity contribution in [3.05, 3.63) is 51.4 Å². The van der Waals surface area contributed by atoms with Crippen LogP contribution >= 0.6 is 12.4 Å². The fraction of sp³-hybridized carbons (Fsp3) is 0.478. The zero-order chi connectivity index (χ0) is 22.5. The molecule has 1 heterocycles. The van der Waals surface area contributed by atoms with Crippen LogP contribution in [0.15, 0.2) is 34.7 Å². The molecule has 0 saturated heterocycles. The SMILES string of the molecule is CC1=C(C(=O)O)C(c2cc(C(C)(C)C)c(O)c(C(C)(C)C)c2)C(C(=O)O)=C(C)N1.Cl. The van der Waals surface area contributed by atoms with E-state index in [4.69, 9.17) is 0 Å². The summed E-state index contributed by atoms with van der Waals surface area (Å²) < 4.78 is 0. The van der Waals surface area contributed by atoms with Gasteiger partial charge in [0.1, 0.15) is 5.75 Å². The Hall–Kier alpha value is -2.47.